The fourth-order valence-electron chi connectivity index (χ4n) is 1.95. The van der Waals surface area contributed by atoms with E-state index in [1.165, 1.54) is 4.57 Å². The number of hydrogen-bond acceptors (Lipinski definition) is 3. The Labute approximate surface area is 90.9 Å². The topological polar surface area (TPSA) is 67.2 Å². The lowest BCUT2D eigenvalue weighted by Gasteiger charge is -2.11. The molecule has 0 saturated carbocycles. The van der Waals surface area contributed by atoms with Crippen LogP contribution in [0.15, 0.2) is 35.1 Å². The maximum Gasteiger partial charge on any atom is 0.331 e. The van der Waals surface area contributed by atoms with Crippen molar-refractivity contribution < 1.29 is 9.84 Å². The number of imidazole rings is 1. The predicted octanol–water partition coefficient (Wildman–Crippen LogP) is 0.959. The smallest absolute Gasteiger partial charge is 0.331 e. The molecule has 1 aromatic heterocycles. The standard InChI is InChI=1S/C11H10N2O3/c14-9-8-6-16-10(13(8)11(15)12-9)7-4-2-1-3-5-7/h1-5,10,14H,6H2,(H,12,15). The Morgan fingerprint density at radius 1 is 1.38 bits per heavy atom. The van der Waals surface area contributed by atoms with E-state index in [4.69, 9.17) is 4.74 Å². The third kappa shape index (κ3) is 1.18. The van der Waals surface area contributed by atoms with Gasteiger partial charge in [0.05, 0.1) is 6.61 Å². The number of H-pyrrole nitrogens is 1. The monoisotopic (exact) mass is 218 g/mol. The molecule has 5 heteroatoms. The lowest BCUT2D eigenvalue weighted by molar-refractivity contribution is 0.0600. The SMILES string of the molecule is O=c1[nH]c(O)c2n1C(c1ccccc1)OC2. The summed E-state index contributed by atoms with van der Waals surface area (Å²) in [6.07, 6.45) is -0.444. The maximum atomic E-state index is 11.6. The largest absolute Gasteiger partial charge is 0.493 e. The van der Waals surface area contributed by atoms with Crippen molar-refractivity contribution in [1.82, 2.24) is 9.55 Å². The summed E-state index contributed by atoms with van der Waals surface area (Å²) in [7, 11) is 0. The molecule has 16 heavy (non-hydrogen) atoms. The van der Waals surface area contributed by atoms with Crippen LogP contribution < -0.4 is 5.69 Å². The molecular formula is C11H10N2O3. The van der Waals surface area contributed by atoms with Crippen molar-refractivity contribution in [2.45, 2.75) is 12.8 Å². The van der Waals surface area contributed by atoms with Crippen LogP contribution in [-0.2, 0) is 11.3 Å². The fourth-order valence-corrected chi connectivity index (χ4v) is 1.95. The highest BCUT2D eigenvalue weighted by atomic mass is 16.5. The number of hydrogen-bond donors (Lipinski definition) is 2. The quantitative estimate of drug-likeness (QED) is 0.749. The average Bonchev–Trinajstić information content (AvgIpc) is 2.84. The molecule has 82 valence electrons. The first kappa shape index (κ1) is 9.23. The van der Waals surface area contributed by atoms with Gasteiger partial charge in [-0.05, 0) is 0 Å². The Morgan fingerprint density at radius 3 is 2.88 bits per heavy atom. The van der Waals surface area contributed by atoms with Gasteiger partial charge >= 0.3 is 5.69 Å². The summed E-state index contributed by atoms with van der Waals surface area (Å²) in [6, 6.07) is 9.44. The summed E-state index contributed by atoms with van der Waals surface area (Å²) in [5, 5.41) is 9.46. The van der Waals surface area contributed by atoms with Crippen molar-refractivity contribution in [2.24, 2.45) is 0 Å². The van der Waals surface area contributed by atoms with Gasteiger partial charge in [-0.15, -0.1) is 0 Å². The van der Waals surface area contributed by atoms with Crippen LogP contribution in [0.2, 0.25) is 0 Å². The van der Waals surface area contributed by atoms with Crippen molar-refractivity contribution in [3.63, 3.8) is 0 Å². The van der Waals surface area contributed by atoms with Crippen LogP contribution in [0.4, 0.5) is 0 Å². The lowest BCUT2D eigenvalue weighted by Crippen LogP contribution is -2.21. The van der Waals surface area contributed by atoms with Gasteiger partial charge in [-0.2, -0.15) is 0 Å². The number of ether oxygens (including phenoxy) is 1. The van der Waals surface area contributed by atoms with E-state index in [1.54, 1.807) is 0 Å². The molecular weight excluding hydrogens is 208 g/mol. The third-order valence-corrected chi connectivity index (χ3v) is 2.71. The van der Waals surface area contributed by atoms with E-state index in [-0.39, 0.29) is 18.2 Å². The number of nitrogens with zero attached hydrogens (tertiary/aromatic N) is 1. The van der Waals surface area contributed by atoms with Gasteiger partial charge in [0.15, 0.2) is 6.23 Å². The third-order valence-electron chi connectivity index (χ3n) is 2.71. The first-order valence-electron chi connectivity index (χ1n) is 4.96. The summed E-state index contributed by atoms with van der Waals surface area (Å²) in [6.45, 7) is 0.240. The van der Waals surface area contributed by atoms with Gasteiger partial charge in [-0.25, -0.2) is 4.79 Å². The molecule has 1 atom stereocenters. The molecule has 0 radical (unpaired) electrons. The van der Waals surface area contributed by atoms with E-state index >= 15 is 0 Å². The minimum atomic E-state index is -0.444. The van der Waals surface area contributed by atoms with Crippen molar-refractivity contribution >= 4 is 0 Å². The van der Waals surface area contributed by atoms with E-state index < -0.39 is 6.23 Å². The molecule has 2 heterocycles. The number of benzene rings is 1. The van der Waals surface area contributed by atoms with Gasteiger partial charge in [0.1, 0.15) is 5.69 Å². The zero-order chi connectivity index (χ0) is 11.1. The Balaban J connectivity index is 2.13. The van der Waals surface area contributed by atoms with Gasteiger partial charge in [0, 0.05) is 5.56 Å². The highest BCUT2D eigenvalue weighted by Gasteiger charge is 2.29. The summed E-state index contributed by atoms with van der Waals surface area (Å²) in [5.74, 6) is -0.108. The fraction of sp³-hybridized carbons (Fsp3) is 0.182. The van der Waals surface area contributed by atoms with E-state index in [0.29, 0.717) is 5.69 Å². The van der Waals surface area contributed by atoms with Crippen LogP contribution >= 0.6 is 0 Å². The Morgan fingerprint density at radius 2 is 2.12 bits per heavy atom. The zero-order valence-corrected chi connectivity index (χ0v) is 8.38. The number of fused-ring (bicyclic) bond motifs is 1. The Bertz CT molecular complexity index is 571. The summed E-state index contributed by atoms with van der Waals surface area (Å²) in [4.78, 5) is 13.9. The molecule has 0 amide bonds. The van der Waals surface area contributed by atoms with E-state index in [0.717, 1.165) is 5.56 Å². The Hall–Kier alpha value is -2.01. The first-order valence-corrected chi connectivity index (χ1v) is 4.96. The van der Waals surface area contributed by atoms with Crippen molar-refractivity contribution in [2.75, 3.05) is 0 Å². The van der Waals surface area contributed by atoms with Crippen molar-refractivity contribution in [1.29, 1.82) is 0 Å². The van der Waals surface area contributed by atoms with Gasteiger partial charge < -0.3 is 9.84 Å². The van der Waals surface area contributed by atoms with Crippen molar-refractivity contribution in [3.8, 4) is 5.88 Å². The number of rotatable bonds is 1. The molecule has 1 aromatic carbocycles. The van der Waals surface area contributed by atoms with Crippen LogP contribution in [-0.4, -0.2) is 14.7 Å². The molecule has 1 aliphatic heterocycles. The molecule has 0 fully saturated rings. The van der Waals surface area contributed by atoms with Gasteiger partial charge in [-0.1, -0.05) is 30.3 Å². The Kier molecular flexibility index (Phi) is 1.87. The second-order valence-electron chi connectivity index (χ2n) is 3.67. The molecule has 1 aliphatic rings. The molecule has 2 aromatic rings. The second kappa shape index (κ2) is 3.24. The first-order chi connectivity index (χ1) is 7.77. The van der Waals surface area contributed by atoms with E-state index in [2.05, 4.69) is 4.98 Å². The molecule has 5 nitrogen and oxygen atoms in total. The van der Waals surface area contributed by atoms with Crippen LogP contribution in [0.25, 0.3) is 0 Å². The average molecular weight is 218 g/mol. The van der Waals surface area contributed by atoms with Crippen molar-refractivity contribution in [3.05, 3.63) is 52.1 Å². The van der Waals surface area contributed by atoms with Crippen LogP contribution in [0.5, 0.6) is 5.88 Å². The lowest BCUT2D eigenvalue weighted by atomic mass is 10.2. The molecule has 0 saturated heterocycles. The predicted molar refractivity (Wildman–Crippen MR) is 56.1 cm³/mol. The number of nitrogens with one attached hydrogen (secondary N) is 1. The number of aromatic nitrogens is 2. The van der Waals surface area contributed by atoms with E-state index in [1.807, 2.05) is 30.3 Å². The maximum absolute atomic E-state index is 11.6. The number of aromatic amines is 1. The summed E-state index contributed by atoms with van der Waals surface area (Å²) < 4.78 is 6.93. The summed E-state index contributed by atoms with van der Waals surface area (Å²) >= 11 is 0. The zero-order valence-electron chi connectivity index (χ0n) is 8.38. The van der Waals surface area contributed by atoms with Gasteiger partial charge in [0.25, 0.3) is 0 Å². The van der Waals surface area contributed by atoms with Crippen LogP contribution in [0.1, 0.15) is 17.5 Å². The van der Waals surface area contributed by atoms with Gasteiger partial charge in [-0.3, -0.25) is 9.55 Å². The molecule has 1 unspecified atom stereocenters. The molecule has 0 bridgehead atoms. The molecule has 0 aliphatic carbocycles. The van der Waals surface area contributed by atoms with E-state index in [9.17, 15) is 9.90 Å². The van der Waals surface area contributed by atoms with Crippen LogP contribution in [0, 0.1) is 0 Å². The highest BCUT2D eigenvalue weighted by molar-refractivity contribution is 5.25. The summed E-state index contributed by atoms with van der Waals surface area (Å²) in [5.41, 5.74) is 1.04. The van der Waals surface area contributed by atoms with Gasteiger partial charge in [0.2, 0.25) is 5.88 Å². The minimum absolute atomic E-state index is 0.108. The minimum Gasteiger partial charge on any atom is -0.493 e. The highest BCUT2D eigenvalue weighted by Crippen LogP contribution is 2.30. The normalized spacial score (nSPS) is 18.6. The molecule has 3 rings (SSSR count). The molecule has 2 N–H and O–H groups in total. The number of aromatic hydroxyl groups is 1. The second-order valence-corrected chi connectivity index (χ2v) is 3.67. The molecule has 0 spiro atoms. The van der Waals surface area contributed by atoms with Crippen LogP contribution in [0.3, 0.4) is 0 Å².